The van der Waals surface area contributed by atoms with Crippen molar-refractivity contribution in [1.82, 2.24) is 10.2 Å². The highest BCUT2D eigenvalue weighted by Crippen LogP contribution is 2.14. The first-order valence-corrected chi connectivity index (χ1v) is 10.6. The number of carbonyl (C=O) groups is 2. The zero-order chi connectivity index (χ0) is 21.2. The summed E-state index contributed by atoms with van der Waals surface area (Å²) >= 11 is 0. The van der Waals surface area contributed by atoms with Gasteiger partial charge in [0.1, 0.15) is 6.04 Å². The second-order valence-corrected chi connectivity index (χ2v) is 7.75. The molecule has 1 N–H and O–H groups in total. The van der Waals surface area contributed by atoms with Gasteiger partial charge in [-0.2, -0.15) is 0 Å². The van der Waals surface area contributed by atoms with Crippen LogP contribution in [0.15, 0.2) is 48.5 Å². The Balaban J connectivity index is 2.14. The van der Waals surface area contributed by atoms with Crippen molar-refractivity contribution < 1.29 is 9.59 Å². The molecule has 0 aliphatic heterocycles. The maximum Gasteiger partial charge on any atom is 0.242 e. The average molecular weight is 395 g/mol. The number of nitrogens with zero attached hydrogens (tertiary/aromatic N) is 1. The molecule has 0 spiro atoms. The van der Waals surface area contributed by atoms with Crippen LogP contribution in [0.4, 0.5) is 0 Å². The van der Waals surface area contributed by atoms with Crippen LogP contribution in [0.1, 0.15) is 48.9 Å². The number of rotatable bonds is 10. The molecule has 0 fully saturated rings. The topological polar surface area (TPSA) is 49.4 Å². The van der Waals surface area contributed by atoms with Crippen LogP contribution in [0.25, 0.3) is 0 Å². The van der Waals surface area contributed by atoms with Gasteiger partial charge in [0.15, 0.2) is 0 Å². The van der Waals surface area contributed by atoms with Crippen molar-refractivity contribution in [3.8, 4) is 0 Å². The van der Waals surface area contributed by atoms with E-state index in [1.807, 2.05) is 45.0 Å². The number of unbranched alkanes of at least 4 members (excludes halogenated alkanes) is 1. The fourth-order valence-corrected chi connectivity index (χ4v) is 3.36. The molecule has 1 atom stereocenters. The Bertz CT molecular complexity index is 802. The largest absolute Gasteiger partial charge is 0.354 e. The lowest BCUT2D eigenvalue weighted by Gasteiger charge is -2.29. The number of hydrogen-bond donors (Lipinski definition) is 1. The zero-order valence-corrected chi connectivity index (χ0v) is 18.2. The predicted octanol–water partition coefficient (Wildman–Crippen LogP) is 4.22. The summed E-state index contributed by atoms with van der Waals surface area (Å²) in [6.45, 7) is 9.15. The summed E-state index contributed by atoms with van der Waals surface area (Å²) in [5, 5.41) is 2.97. The Labute approximate surface area is 175 Å². The van der Waals surface area contributed by atoms with Gasteiger partial charge in [-0.1, -0.05) is 67.4 Å². The smallest absolute Gasteiger partial charge is 0.242 e. The monoisotopic (exact) mass is 394 g/mol. The lowest BCUT2D eigenvalue weighted by molar-refractivity contribution is -0.139. The van der Waals surface area contributed by atoms with E-state index < -0.39 is 6.04 Å². The van der Waals surface area contributed by atoms with E-state index in [1.54, 1.807) is 4.90 Å². The van der Waals surface area contributed by atoms with E-state index in [9.17, 15) is 9.59 Å². The van der Waals surface area contributed by atoms with E-state index in [0.717, 1.165) is 41.5 Å². The first-order valence-electron chi connectivity index (χ1n) is 10.6. The van der Waals surface area contributed by atoms with E-state index in [1.165, 1.54) is 0 Å². The molecule has 0 bridgehead atoms. The van der Waals surface area contributed by atoms with Gasteiger partial charge in [0.05, 0.1) is 6.42 Å². The molecule has 2 amide bonds. The van der Waals surface area contributed by atoms with Crippen LogP contribution in [0.5, 0.6) is 0 Å². The number of amides is 2. The van der Waals surface area contributed by atoms with Crippen LogP contribution in [-0.4, -0.2) is 35.8 Å². The fraction of sp³-hybridized carbons (Fsp3) is 0.440. The second kappa shape index (κ2) is 11.4. The molecule has 0 heterocycles. The van der Waals surface area contributed by atoms with Crippen molar-refractivity contribution in [1.29, 1.82) is 0 Å². The SMILES string of the molecule is CCCCNC(=O)[C@@H](C)N(CCc1ccccc1)C(=O)Cc1cc(C)ccc1C. The van der Waals surface area contributed by atoms with Gasteiger partial charge in [0, 0.05) is 13.1 Å². The van der Waals surface area contributed by atoms with E-state index in [0.29, 0.717) is 19.5 Å². The Morgan fingerprint density at radius 1 is 1.07 bits per heavy atom. The highest BCUT2D eigenvalue weighted by atomic mass is 16.2. The van der Waals surface area contributed by atoms with Crippen molar-refractivity contribution in [3.05, 3.63) is 70.8 Å². The van der Waals surface area contributed by atoms with E-state index >= 15 is 0 Å². The molecule has 4 heteroatoms. The Morgan fingerprint density at radius 3 is 2.48 bits per heavy atom. The molecular weight excluding hydrogens is 360 g/mol. The molecule has 0 radical (unpaired) electrons. The summed E-state index contributed by atoms with van der Waals surface area (Å²) in [6.07, 6.45) is 3.01. The van der Waals surface area contributed by atoms with Crippen LogP contribution in [0.2, 0.25) is 0 Å². The third-order valence-corrected chi connectivity index (χ3v) is 5.33. The number of aryl methyl sites for hydroxylation is 2. The quantitative estimate of drug-likeness (QED) is 0.613. The Hall–Kier alpha value is -2.62. The molecule has 0 saturated heterocycles. The maximum absolute atomic E-state index is 13.2. The Morgan fingerprint density at radius 2 is 1.79 bits per heavy atom. The highest BCUT2D eigenvalue weighted by Gasteiger charge is 2.25. The third-order valence-electron chi connectivity index (χ3n) is 5.33. The Kier molecular flexibility index (Phi) is 8.91. The summed E-state index contributed by atoms with van der Waals surface area (Å²) in [7, 11) is 0. The number of benzene rings is 2. The van der Waals surface area contributed by atoms with E-state index in [2.05, 4.69) is 36.5 Å². The van der Waals surface area contributed by atoms with Gasteiger partial charge in [0.25, 0.3) is 0 Å². The first-order chi connectivity index (χ1) is 13.9. The van der Waals surface area contributed by atoms with Crippen LogP contribution < -0.4 is 5.32 Å². The fourth-order valence-electron chi connectivity index (χ4n) is 3.36. The van der Waals surface area contributed by atoms with E-state index in [-0.39, 0.29) is 11.8 Å². The molecule has 4 nitrogen and oxygen atoms in total. The van der Waals surface area contributed by atoms with Gasteiger partial charge in [-0.3, -0.25) is 9.59 Å². The third kappa shape index (κ3) is 7.04. The van der Waals surface area contributed by atoms with Crippen LogP contribution in [-0.2, 0) is 22.4 Å². The zero-order valence-electron chi connectivity index (χ0n) is 18.2. The molecule has 2 aromatic rings. The molecular formula is C25H34N2O2. The lowest BCUT2D eigenvalue weighted by atomic mass is 10.0. The minimum absolute atomic E-state index is 0.00669. The van der Waals surface area contributed by atoms with Crippen LogP contribution >= 0.6 is 0 Å². The highest BCUT2D eigenvalue weighted by molar-refractivity contribution is 5.88. The summed E-state index contributed by atoms with van der Waals surface area (Å²) in [4.78, 5) is 27.6. The van der Waals surface area contributed by atoms with Gasteiger partial charge in [-0.15, -0.1) is 0 Å². The van der Waals surface area contributed by atoms with Crippen molar-refractivity contribution in [2.24, 2.45) is 0 Å². The predicted molar refractivity (Wildman–Crippen MR) is 119 cm³/mol. The summed E-state index contributed by atoms with van der Waals surface area (Å²) in [5.74, 6) is -0.0893. The minimum atomic E-state index is -0.492. The summed E-state index contributed by atoms with van der Waals surface area (Å²) in [5.41, 5.74) is 4.43. The maximum atomic E-state index is 13.2. The van der Waals surface area contributed by atoms with Gasteiger partial charge < -0.3 is 10.2 Å². The number of hydrogen-bond acceptors (Lipinski definition) is 2. The second-order valence-electron chi connectivity index (χ2n) is 7.75. The van der Waals surface area contributed by atoms with Gasteiger partial charge >= 0.3 is 0 Å². The number of nitrogens with one attached hydrogen (secondary N) is 1. The molecule has 0 saturated carbocycles. The van der Waals surface area contributed by atoms with Crippen molar-refractivity contribution in [3.63, 3.8) is 0 Å². The van der Waals surface area contributed by atoms with E-state index in [4.69, 9.17) is 0 Å². The molecule has 2 aromatic carbocycles. The van der Waals surface area contributed by atoms with Crippen LogP contribution in [0, 0.1) is 13.8 Å². The first kappa shape index (κ1) is 22.7. The summed E-state index contributed by atoms with van der Waals surface area (Å²) < 4.78 is 0. The molecule has 29 heavy (non-hydrogen) atoms. The van der Waals surface area contributed by atoms with Gasteiger partial charge in [0.2, 0.25) is 11.8 Å². The van der Waals surface area contributed by atoms with Crippen molar-refractivity contribution in [2.75, 3.05) is 13.1 Å². The van der Waals surface area contributed by atoms with Gasteiger partial charge in [-0.05, 0) is 50.3 Å². The number of carbonyl (C=O) groups excluding carboxylic acids is 2. The summed E-state index contributed by atoms with van der Waals surface area (Å²) in [6, 6.07) is 15.8. The standard InChI is InChI=1S/C25H34N2O2/c1-5-6-15-26-25(29)21(4)27(16-14-22-10-8-7-9-11-22)24(28)18-23-17-19(2)12-13-20(23)3/h7-13,17,21H,5-6,14-16,18H2,1-4H3,(H,26,29)/t21-/m1/s1. The molecule has 0 aliphatic carbocycles. The molecule has 2 rings (SSSR count). The lowest BCUT2D eigenvalue weighted by Crippen LogP contribution is -2.49. The van der Waals surface area contributed by atoms with Crippen LogP contribution in [0.3, 0.4) is 0 Å². The van der Waals surface area contributed by atoms with Crippen molar-refractivity contribution in [2.45, 2.75) is 59.4 Å². The molecule has 156 valence electrons. The van der Waals surface area contributed by atoms with Gasteiger partial charge in [-0.25, -0.2) is 0 Å². The normalized spacial score (nSPS) is 11.7. The molecule has 0 unspecified atom stereocenters. The molecule has 0 aliphatic rings. The minimum Gasteiger partial charge on any atom is -0.354 e. The van der Waals surface area contributed by atoms with Crippen molar-refractivity contribution >= 4 is 11.8 Å². The average Bonchev–Trinajstić information content (AvgIpc) is 2.71. The molecule has 0 aromatic heterocycles.